The van der Waals surface area contributed by atoms with Crippen molar-refractivity contribution in [2.75, 3.05) is 6.61 Å². The highest BCUT2D eigenvalue weighted by Crippen LogP contribution is 2.12. The van der Waals surface area contributed by atoms with Gasteiger partial charge in [-0.3, -0.25) is 4.79 Å². The second-order valence-corrected chi connectivity index (χ2v) is 3.77. The third-order valence-corrected chi connectivity index (χ3v) is 2.27. The summed E-state index contributed by atoms with van der Waals surface area (Å²) in [6.07, 6.45) is 0. The van der Waals surface area contributed by atoms with Gasteiger partial charge in [0.1, 0.15) is 11.8 Å². The van der Waals surface area contributed by atoms with E-state index in [1.165, 1.54) is 0 Å². The SMILES string of the molecule is C[C@H](NCc1ccc(OCC(=O)O)cc1)C(=O)O. The molecule has 1 aromatic rings. The van der Waals surface area contributed by atoms with Gasteiger partial charge in [0.15, 0.2) is 6.61 Å². The minimum Gasteiger partial charge on any atom is -0.482 e. The van der Waals surface area contributed by atoms with Gasteiger partial charge in [0, 0.05) is 6.54 Å². The summed E-state index contributed by atoms with van der Waals surface area (Å²) in [6.45, 7) is 1.60. The molecule has 18 heavy (non-hydrogen) atoms. The van der Waals surface area contributed by atoms with Gasteiger partial charge in [-0.2, -0.15) is 0 Å². The first-order valence-corrected chi connectivity index (χ1v) is 5.38. The van der Waals surface area contributed by atoms with Gasteiger partial charge in [0.2, 0.25) is 0 Å². The Morgan fingerprint density at radius 1 is 1.28 bits per heavy atom. The molecule has 0 aliphatic carbocycles. The molecule has 0 saturated heterocycles. The van der Waals surface area contributed by atoms with Crippen molar-refractivity contribution >= 4 is 11.9 Å². The van der Waals surface area contributed by atoms with Gasteiger partial charge in [0.25, 0.3) is 0 Å². The maximum atomic E-state index is 10.6. The zero-order chi connectivity index (χ0) is 13.5. The minimum absolute atomic E-state index is 0.381. The van der Waals surface area contributed by atoms with E-state index in [4.69, 9.17) is 14.9 Å². The first-order valence-electron chi connectivity index (χ1n) is 5.38. The molecule has 0 aromatic heterocycles. The van der Waals surface area contributed by atoms with E-state index in [9.17, 15) is 9.59 Å². The number of hydrogen-bond acceptors (Lipinski definition) is 4. The van der Waals surface area contributed by atoms with Crippen molar-refractivity contribution in [3.05, 3.63) is 29.8 Å². The molecule has 0 radical (unpaired) electrons. The standard InChI is InChI=1S/C12H15NO5/c1-8(12(16)17)13-6-9-2-4-10(5-3-9)18-7-11(14)15/h2-5,8,13H,6-7H2,1H3,(H,14,15)(H,16,17)/t8-/m0/s1. The number of carboxylic acids is 2. The van der Waals surface area contributed by atoms with Crippen LogP contribution in [-0.4, -0.2) is 34.8 Å². The lowest BCUT2D eigenvalue weighted by molar-refractivity contribution is -0.140. The van der Waals surface area contributed by atoms with Crippen LogP contribution in [0.2, 0.25) is 0 Å². The van der Waals surface area contributed by atoms with Crippen molar-refractivity contribution in [3.8, 4) is 5.75 Å². The predicted molar refractivity (Wildman–Crippen MR) is 63.5 cm³/mol. The molecule has 0 aliphatic heterocycles. The van der Waals surface area contributed by atoms with Crippen molar-refractivity contribution in [2.24, 2.45) is 0 Å². The molecule has 6 nitrogen and oxygen atoms in total. The number of hydrogen-bond donors (Lipinski definition) is 3. The molecule has 3 N–H and O–H groups in total. The average molecular weight is 253 g/mol. The fraction of sp³-hybridized carbons (Fsp3) is 0.333. The molecule has 1 aromatic carbocycles. The van der Waals surface area contributed by atoms with Crippen molar-refractivity contribution in [1.29, 1.82) is 0 Å². The molecule has 0 bridgehead atoms. The Kier molecular flexibility index (Phi) is 5.13. The zero-order valence-corrected chi connectivity index (χ0v) is 9.92. The lowest BCUT2D eigenvalue weighted by atomic mass is 10.2. The van der Waals surface area contributed by atoms with E-state index in [1.54, 1.807) is 31.2 Å². The molecule has 0 saturated carbocycles. The van der Waals surface area contributed by atoms with Crippen LogP contribution in [0.5, 0.6) is 5.75 Å². The summed E-state index contributed by atoms with van der Waals surface area (Å²) < 4.78 is 4.97. The first-order chi connectivity index (χ1) is 8.49. The second kappa shape index (κ2) is 6.61. The molecule has 1 atom stereocenters. The summed E-state index contributed by atoms with van der Waals surface area (Å²) in [6, 6.07) is 6.17. The topological polar surface area (TPSA) is 95.9 Å². The Hall–Kier alpha value is -2.08. The van der Waals surface area contributed by atoms with Gasteiger partial charge in [-0.15, -0.1) is 0 Å². The van der Waals surface area contributed by atoms with Gasteiger partial charge in [-0.05, 0) is 24.6 Å². The summed E-state index contributed by atoms with van der Waals surface area (Å²) >= 11 is 0. The van der Waals surface area contributed by atoms with Crippen LogP contribution >= 0.6 is 0 Å². The molecule has 0 heterocycles. The molecule has 6 heteroatoms. The summed E-state index contributed by atoms with van der Waals surface area (Å²) in [4.78, 5) is 20.9. The fourth-order valence-electron chi connectivity index (χ4n) is 1.21. The van der Waals surface area contributed by atoms with E-state index in [0.29, 0.717) is 12.3 Å². The van der Waals surface area contributed by atoms with Crippen molar-refractivity contribution in [3.63, 3.8) is 0 Å². The summed E-state index contributed by atoms with van der Waals surface area (Å²) in [5.41, 5.74) is 0.894. The van der Waals surface area contributed by atoms with Crippen LogP contribution in [0.25, 0.3) is 0 Å². The van der Waals surface area contributed by atoms with Crippen LogP contribution in [0.4, 0.5) is 0 Å². The van der Waals surface area contributed by atoms with E-state index in [-0.39, 0.29) is 6.61 Å². The number of nitrogens with one attached hydrogen (secondary N) is 1. The summed E-state index contributed by atoms with van der Waals surface area (Å²) in [7, 11) is 0. The Morgan fingerprint density at radius 3 is 2.39 bits per heavy atom. The predicted octanol–water partition coefficient (Wildman–Crippen LogP) is 0.713. The van der Waals surface area contributed by atoms with Crippen molar-refractivity contribution < 1.29 is 24.5 Å². The van der Waals surface area contributed by atoms with Gasteiger partial charge >= 0.3 is 11.9 Å². The fourth-order valence-corrected chi connectivity index (χ4v) is 1.21. The van der Waals surface area contributed by atoms with Crippen LogP contribution in [0.1, 0.15) is 12.5 Å². The molecule has 0 fully saturated rings. The van der Waals surface area contributed by atoms with Gasteiger partial charge < -0.3 is 20.3 Å². The summed E-state index contributed by atoms with van der Waals surface area (Å²) in [5.74, 6) is -1.47. The number of ether oxygens (including phenoxy) is 1. The molecule has 0 aliphatic rings. The average Bonchev–Trinajstić information content (AvgIpc) is 2.34. The van der Waals surface area contributed by atoms with Crippen molar-refractivity contribution in [2.45, 2.75) is 19.5 Å². The molecule has 98 valence electrons. The second-order valence-electron chi connectivity index (χ2n) is 3.77. The number of carboxylic acid groups (broad SMARTS) is 2. The largest absolute Gasteiger partial charge is 0.482 e. The quantitative estimate of drug-likeness (QED) is 0.662. The van der Waals surface area contributed by atoms with E-state index in [0.717, 1.165) is 5.56 Å². The molecule has 0 unspecified atom stereocenters. The number of benzene rings is 1. The molecule has 0 amide bonds. The van der Waals surface area contributed by atoms with Crippen molar-refractivity contribution in [1.82, 2.24) is 5.32 Å². The first kappa shape index (κ1) is 14.0. The minimum atomic E-state index is -1.03. The number of aliphatic carboxylic acids is 2. The smallest absolute Gasteiger partial charge is 0.341 e. The lowest BCUT2D eigenvalue weighted by Gasteiger charge is -2.09. The van der Waals surface area contributed by atoms with E-state index in [1.807, 2.05) is 0 Å². The van der Waals surface area contributed by atoms with Gasteiger partial charge in [-0.1, -0.05) is 12.1 Å². The monoisotopic (exact) mass is 253 g/mol. The van der Waals surface area contributed by atoms with Crippen LogP contribution < -0.4 is 10.1 Å². The highest BCUT2D eigenvalue weighted by molar-refractivity contribution is 5.72. The molecular weight excluding hydrogens is 238 g/mol. The molecular formula is C12H15NO5. The van der Waals surface area contributed by atoms with Gasteiger partial charge in [0.05, 0.1) is 0 Å². The molecule has 0 spiro atoms. The third-order valence-electron chi connectivity index (χ3n) is 2.27. The summed E-state index contributed by atoms with van der Waals surface area (Å²) in [5, 5.41) is 20.0. The zero-order valence-electron chi connectivity index (χ0n) is 9.92. The normalized spacial score (nSPS) is 11.8. The Labute approximate surface area is 104 Å². The lowest BCUT2D eigenvalue weighted by Crippen LogP contribution is -2.33. The van der Waals surface area contributed by atoms with Crippen LogP contribution in [0.3, 0.4) is 0 Å². The van der Waals surface area contributed by atoms with Gasteiger partial charge in [-0.25, -0.2) is 4.79 Å². The van der Waals surface area contributed by atoms with Crippen LogP contribution in [0, 0.1) is 0 Å². The molecule has 1 rings (SSSR count). The van der Waals surface area contributed by atoms with E-state index >= 15 is 0 Å². The maximum absolute atomic E-state index is 10.6. The van der Waals surface area contributed by atoms with E-state index in [2.05, 4.69) is 5.32 Å². The highest BCUT2D eigenvalue weighted by atomic mass is 16.5. The van der Waals surface area contributed by atoms with Crippen LogP contribution in [0.15, 0.2) is 24.3 Å². The maximum Gasteiger partial charge on any atom is 0.341 e. The Balaban J connectivity index is 2.45. The number of carbonyl (C=O) groups is 2. The Morgan fingerprint density at radius 2 is 1.89 bits per heavy atom. The number of rotatable bonds is 7. The Bertz CT molecular complexity index is 415. The third kappa shape index (κ3) is 4.84. The highest BCUT2D eigenvalue weighted by Gasteiger charge is 2.09. The van der Waals surface area contributed by atoms with Crippen LogP contribution in [-0.2, 0) is 16.1 Å². The van der Waals surface area contributed by atoms with E-state index < -0.39 is 18.0 Å².